The predicted octanol–water partition coefficient (Wildman–Crippen LogP) is 3.85. The molecule has 134 valence electrons. The summed E-state index contributed by atoms with van der Waals surface area (Å²) in [6.45, 7) is 6.79. The van der Waals surface area contributed by atoms with Gasteiger partial charge >= 0.3 is 5.97 Å². The minimum Gasteiger partial charge on any atom is -0.456 e. The van der Waals surface area contributed by atoms with E-state index in [2.05, 4.69) is 13.2 Å². The molecule has 0 aliphatic carbocycles. The molecule has 3 rings (SSSR count). The van der Waals surface area contributed by atoms with E-state index in [1.54, 1.807) is 36.4 Å². The number of hydrogen-bond acceptors (Lipinski definition) is 5. The summed E-state index contributed by atoms with van der Waals surface area (Å²) >= 11 is 0. The maximum atomic E-state index is 12.5. The van der Waals surface area contributed by atoms with Crippen LogP contribution in [0.5, 0.6) is 5.75 Å². The molecule has 0 bridgehead atoms. The fourth-order valence-corrected chi connectivity index (χ4v) is 2.56. The Morgan fingerprint density at radius 3 is 2.41 bits per heavy atom. The van der Waals surface area contributed by atoms with Gasteiger partial charge in [0.15, 0.2) is 11.2 Å². The highest BCUT2D eigenvalue weighted by Crippen LogP contribution is 2.25. The lowest BCUT2D eigenvalue weighted by atomic mass is 10.0. The van der Waals surface area contributed by atoms with Gasteiger partial charge in [-0.2, -0.15) is 0 Å². The normalized spacial score (nSPS) is 10.4. The Balaban J connectivity index is 1.94. The first kappa shape index (κ1) is 18.1. The third-order valence-corrected chi connectivity index (χ3v) is 3.93. The van der Waals surface area contributed by atoms with Crippen LogP contribution >= 0.6 is 0 Å². The van der Waals surface area contributed by atoms with Crippen molar-refractivity contribution in [2.45, 2.75) is 6.42 Å². The van der Waals surface area contributed by atoms with Gasteiger partial charge in [0.25, 0.3) is 0 Å². The highest BCUT2D eigenvalue weighted by molar-refractivity contribution is 5.91. The van der Waals surface area contributed by atoms with Crippen molar-refractivity contribution in [3.8, 4) is 17.1 Å². The zero-order valence-corrected chi connectivity index (χ0v) is 14.4. The number of carbonyl (C=O) groups excluding carboxylic acids is 2. The van der Waals surface area contributed by atoms with E-state index in [-0.39, 0.29) is 23.4 Å². The van der Waals surface area contributed by atoms with Crippen LogP contribution in [0, 0.1) is 0 Å². The van der Waals surface area contributed by atoms with Crippen LogP contribution in [0.25, 0.3) is 22.3 Å². The molecule has 5 heteroatoms. The van der Waals surface area contributed by atoms with Crippen molar-refractivity contribution in [3.05, 3.63) is 89.6 Å². The van der Waals surface area contributed by atoms with Gasteiger partial charge in [0.05, 0.1) is 5.39 Å². The Hall–Kier alpha value is -3.73. The summed E-state index contributed by atoms with van der Waals surface area (Å²) in [7, 11) is 0. The molecule has 1 heterocycles. The largest absolute Gasteiger partial charge is 0.456 e. The first-order valence-electron chi connectivity index (χ1n) is 8.17. The number of benzene rings is 2. The van der Waals surface area contributed by atoms with E-state index >= 15 is 0 Å². The predicted molar refractivity (Wildman–Crippen MR) is 103 cm³/mol. The molecule has 3 aromatic rings. The van der Waals surface area contributed by atoms with Crippen molar-refractivity contribution < 1.29 is 18.7 Å². The van der Waals surface area contributed by atoms with Crippen molar-refractivity contribution in [1.82, 2.24) is 0 Å². The Labute approximate surface area is 155 Å². The first-order valence-corrected chi connectivity index (χ1v) is 8.17. The lowest BCUT2D eigenvalue weighted by Crippen LogP contribution is -2.05. The second-order valence-corrected chi connectivity index (χ2v) is 5.80. The van der Waals surface area contributed by atoms with Gasteiger partial charge in [0.2, 0.25) is 0 Å². The van der Waals surface area contributed by atoms with Crippen molar-refractivity contribution in [2.75, 3.05) is 0 Å². The summed E-state index contributed by atoms with van der Waals surface area (Å²) in [4.78, 5) is 35.2. The molecular formula is C22H16O5. The number of ketones is 1. The van der Waals surface area contributed by atoms with Crippen molar-refractivity contribution in [3.63, 3.8) is 0 Å². The number of carbonyl (C=O) groups is 2. The Bertz CT molecular complexity index is 1100. The van der Waals surface area contributed by atoms with Crippen LogP contribution in [-0.4, -0.2) is 11.8 Å². The highest BCUT2D eigenvalue weighted by atomic mass is 16.5. The maximum Gasteiger partial charge on any atom is 0.335 e. The number of fused-ring (bicyclic) bond motifs is 1. The second kappa shape index (κ2) is 7.66. The number of esters is 1. The van der Waals surface area contributed by atoms with E-state index in [1.165, 1.54) is 18.2 Å². The highest BCUT2D eigenvalue weighted by Gasteiger charge is 2.10. The fourth-order valence-electron chi connectivity index (χ4n) is 2.56. The average molecular weight is 360 g/mol. The minimum absolute atomic E-state index is 0.0621. The second-order valence-electron chi connectivity index (χ2n) is 5.80. The van der Waals surface area contributed by atoms with Gasteiger partial charge < -0.3 is 9.15 Å². The monoisotopic (exact) mass is 360 g/mol. The van der Waals surface area contributed by atoms with Gasteiger partial charge in [-0.05, 0) is 29.8 Å². The zero-order valence-electron chi connectivity index (χ0n) is 14.4. The Morgan fingerprint density at radius 1 is 1.00 bits per heavy atom. The molecule has 2 aromatic carbocycles. The Morgan fingerprint density at radius 2 is 1.74 bits per heavy atom. The van der Waals surface area contributed by atoms with Gasteiger partial charge in [-0.25, -0.2) is 4.79 Å². The first-order chi connectivity index (χ1) is 13.0. The lowest BCUT2D eigenvalue weighted by Gasteiger charge is -2.06. The quantitative estimate of drug-likeness (QED) is 0.379. The topological polar surface area (TPSA) is 73.6 Å². The van der Waals surface area contributed by atoms with E-state index in [4.69, 9.17) is 9.15 Å². The van der Waals surface area contributed by atoms with Crippen LogP contribution in [0.2, 0.25) is 0 Å². The molecule has 0 aliphatic heterocycles. The van der Waals surface area contributed by atoms with E-state index in [9.17, 15) is 14.4 Å². The number of hydrogen-bond donors (Lipinski definition) is 0. The van der Waals surface area contributed by atoms with Gasteiger partial charge in [0.1, 0.15) is 17.1 Å². The van der Waals surface area contributed by atoms with Crippen LogP contribution in [0.4, 0.5) is 0 Å². The molecule has 0 saturated heterocycles. The minimum atomic E-state index is -0.606. The third-order valence-electron chi connectivity index (χ3n) is 3.93. The maximum absolute atomic E-state index is 12.5. The van der Waals surface area contributed by atoms with Crippen molar-refractivity contribution >= 4 is 22.7 Å². The van der Waals surface area contributed by atoms with Gasteiger partial charge in [0, 0.05) is 24.1 Å². The van der Waals surface area contributed by atoms with Crippen LogP contribution in [0.3, 0.4) is 0 Å². The molecule has 0 saturated carbocycles. The summed E-state index contributed by atoms with van der Waals surface area (Å²) in [6.07, 6.45) is 2.61. The summed E-state index contributed by atoms with van der Waals surface area (Å²) in [5.41, 5.74) is 1.68. The smallest absolute Gasteiger partial charge is 0.335 e. The molecule has 0 N–H and O–H groups in total. The molecule has 1 aromatic heterocycles. The molecule has 5 nitrogen and oxygen atoms in total. The summed E-state index contributed by atoms with van der Waals surface area (Å²) in [6, 6.07) is 13.1. The van der Waals surface area contributed by atoms with Crippen LogP contribution < -0.4 is 10.2 Å². The molecule has 27 heavy (non-hydrogen) atoms. The van der Waals surface area contributed by atoms with E-state index in [1.807, 2.05) is 0 Å². The van der Waals surface area contributed by atoms with E-state index in [0.717, 1.165) is 11.6 Å². The SMILES string of the molecule is C=CC(=O)Cc1ccc(-c2cc(=O)c3cc(OC(=O)C=C)ccc3o2)cc1. The summed E-state index contributed by atoms with van der Waals surface area (Å²) < 4.78 is 10.8. The van der Waals surface area contributed by atoms with Crippen LogP contribution in [0.1, 0.15) is 5.56 Å². The van der Waals surface area contributed by atoms with Crippen LogP contribution in [0.15, 0.2) is 83.1 Å². The number of allylic oxidation sites excluding steroid dienone is 1. The van der Waals surface area contributed by atoms with Gasteiger partial charge in [-0.3, -0.25) is 9.59 Å². The van der Waals surface area contributed by atoms with Gasteiger partial charge in [-0.15, -0.1) is 0 Å². The molecule has 0 amide bonds. The van der Waals surface area contributed by atoms with Crippen LogP contribution in [-0.2, 0) is 16.0 Å². The number of rotatable bonds is 6. The summed E-state index contributed by atoms with van der Waals surface area (Å²) in [5.74, 6) is -0.0213. The van der Waals surface area contributed by atoms with E-state index in [0.29, 0.717) is 22.3 Å². The average Bonchev–Trinajstić information content (AvgIpc) is 2.68. The molecule has 0 aliphatic rings. The molecular weight excluding hydrogens is 344 g/mol. The van der Waals surface area contributed by atoms with E-state index < -0.39 is 5.97 Å². The zero-order chi connectivity index (χ0) is 19.4. The van der Waals surface area contributed by atoms with Gasteiger partial charge in [-0.1, -0.05) is 37.4 Å². The summed E-state index contributed by atoms with van der Waals surface area (Å²) in [5, 5.41) is 0.307. The molecule has 0 spiro atoms. The molecule has 0 fully saturated rings. The standard InChI is InChI=1S/C22H16O5/c1-3-16(23)11-14-5-7-15(8-6-14)21-13-19(24)18-12-17(26-22(25)4-2)9-10-20(18)27-21/h3-10,12-13H,1-2,11H2. The van der Waals surface area contributed by atoms with Crippen molar-refractivity contribution in [1.29, 1.82) is 0 Å². The van der Waals surface area contributed by atoms with Crippen molar-refractivity contribution in [2.24, 2.45) is 0 Å². The fraction of sp³-hybridized carbons (Fsp3) is 0.0455. The lowest BCUT2D eigenvalue weighted by molar-refractivity contribution is -0.129. The number of ether oxygens (including phenoxy) is 1. The Kier molecular flexibility index (Phi) is 5.13. The molecule has 0 atom stereocenters. The third kappa shape index (κ3) is 4.10. The molecule has 0 unspecified atom stereocenters. The molecule has 0 radical (unpaired) electrons.